The Bertz CT molecular complexity index is 340. The molecule has 0 rings (SSSR count). The van der Waals surface area contributed by atoms with Gasteiger partial charge in [0.1, 0.15) is 0 Å². The summed E-state index contributed by atoms with van der Waals surface area (Å²) in [7, 11) is 0. The van der Waals surface area contributed by atoms with E-state index in [1.54, 1.807) is 0 Å². The van der Waals surface area contributed by atoms with E-state index in [4.69, 9.17) is 23.7 Å². The highest BCUT2D eigenvalue weighted by Gasteiger charge is 2.39. The largest absolute Gasteiger partial charge is 0.377 e. The van der Waals surface area contributed by atoms with Crippen LogP contribution in [0.1, 0.15) is 69.2 Å². The van der Waals surface area contributed by atoms with Crippen LogP contribution in [-0.2, 0) is 23.7 Å². The highest BCUT2D eigenvalue weighted by molar-refractivity contribution is 4.92. The average Bonchev–Trinajstić information content (AvgIpc) is 2.59. The maximum absolute atomic E-state index is 6.12. The third kappa shape index (κ3) is 14.4. The molecule has 176 valence electrons. The summed E-state index contributed by atoms with van der Waals surface area (Å²) in [6, 6.07) is 0. The molecule has 0 aromatic heterocycles. The molecule has 0 aliphatic heterocycles. The van der Waals surface area contributed by atoms with Crippen molar-refractivity contribution in [1.29, 1.82) is 0 Å². The monoisotopic (exact) mass is 419 g/mol. The van der Waals surface area contributed by atoms with E-state index in [2.05, 4.69) is 74.1 Å². The molecule has 0 fully saturated rings. The van der Waals surface area contributed by atoms with E-state index in [1.165, 1.54) is 0 Å². The topological polar surface area (TPSA) is 49.4 Å². The second-order valence-electron chi connectivity index (χ2n) is 9.13. The van der Waals surface area contributed by atoms with Gasteiger partial charge in [-0.25, -0.2) is 0 Å². The van der Waals surface area contributed by atoms with E-state index in [0.717, 1.165) is 13.1 Å². The van der Waals surface area contributed by atoms with Gasteiger partial charge in [0.05, 0.1) is 69.1 Å². The quantitative estimate of drug-likeness (QED) is 0.333. The maximum Gasteiger partial charge on any atom is 0.0916 e. The number of nitrogens with zero attached hydrogens (tertiary/aromatic N) is 1. The lowest BCUT2D eigenvalue weighted by Crippen LogP contribution is -2.61. The molecule has 0 spiro atoms. The lowest BCUT2D eigenvalue weighted by molar-refractivity contribution is -0.133. The van der Waals surface area contributed by atoms with E-state index < -0.39 is 5.54 Å². The fourth-order valence-electron chi connectivity index (χ4n) is 2.75. The summed E-state index contributed by atoms with van der Waals surface area (Å²) in [5.41, 5.74) is -0.403. The fraction of sp³-hybridized carbons (Fsp3) is 1.00. The fourth-order valence-corrected chi connectivity index (χ4v) is 2.75. The van der Waals surface area contributed by atoms with Crippen molar-refractivity contribution in [2.45, 2.75) is 105 Å². The van der Waals surface area contributed by atoms with Crippen LogP contribution in [-0.4, -0.2) is 87.1 Å². The molecule has 0 saturated heterocycles. The van der Waals surface area contributed by atoms with Gasteiger partial charge >= 0.3 is 0 Å². The Morgan fingerprint density at radius 1 is 0.483 bits per heavy atom. The van der Waals surface area contributed by atoms with E-state index in [-0.39, 0.29) is 30.5 Å². The van der Waals surface area contributed by atoms with E-state index >= 15 is 0 Å². The zero-order valence-electron chi connectivity index (χ0n) is 20.8. The van der Waals surface area contributed by atoms with Crippen molar-refractivity contribution in [3.8, 4) is 0 Å². The molecule has 0 saturated carbocycles. The van der Waals surface area contributed by atoms with Gasteiger partial charge in [-0.05, 0) is 69.2 Å². The van der Waals surface area contributed by atoms with Crippen LogP contribution in [0.2, 0.25) is 0 Å². The highest BCUT2D eigenvalue weighted by atomic mass is 16.5. The van der Waals surface area contributed by atoms with Gasteiger partial charge in [-0.2, -0.15) is 0 Å². The highest BCUT2D eigenvalue weighted by Crippen LogP contribution is 2.21. The number of hydrogen-bond acceptors (Lipinski definition) is 6. The summed E-state index contributed by atoms with van der Waals surface area (Å²) in [5.74, 6) is 0. The molecule has 0 bridgehead atoms. The van der Waals surface area contributed by atoms with Gasteiger partial charge < -0.3 is 23.7 Å². The normalized spacial score (nSPS) is 13.2. The molecule has 0 N–H and O–H groups in total. The molecular formula is C23H49NO5. The molecule has 29 heavy (non-hydrogen) atoms. The molecular weight excluding hydrogens is 370 g/mol. The third-order valence-corrected chi connectivity index (χ3v) is 4.35. The van der Waals surface area contributed by atoms with Gasteiger partial charge in [-0.15, -0.1) is 0 Å². The Morgan fingerprint density at radius 3 is 1.00 bits per heavy atom. The molecule has 0 amide bonds. The number of ether oxygens (including phenoxy) is 5. The second kappa shape index (κ2) is 15.5. The summed E-state index contributed by atoms with van der Waals surface area (Å²) in [4.78, 5) is 2.38. The van der Waals surface area contributed by atoms with Crippen LogP contribution < -0.4 is 0 Å². The summed E-state index contributed by atoms with van der Waals surface area (Å²) in [6.45, 7) is 25.0. The molecule has 0 atom stereocenters. The van der Waals surface area contributed by atoms with Crippen molar-refractivity contribution in [1.82, 2.24) is 4.90 Å². The van der Waals surface area contributed by atoms with Crippen LogP contribution in [0.5, 0.6) is 0 Å². The molecule has 0 aliphatic rings. The minimum atomic E-state index is -0.403. The Labute approximate surface area is 180 Å². The van der Waals surface area contributed by atoms with E-state index in [9.17, 15) is 0 Å². The molecule has 0 aromatic rings. The van der Waals surface area contributed by atoms with Crippen LogP contribution >= 0.6 is 0 Å². The lowest BCUT2D eigenvalue weighted by Gasteiger charge is -2.44. The Balaban J connectivity index is 5.62. The van der Waals surface area contributed by atoms with Gasteiger partial charge in [0.15, 0.2) is 0 Å². The van der Waals surface area contributed by atoms with Crippen LogP contribution in [0.4, 0.5) is 0 Å². The van der Waals surface area contributed by atoms with Gasteiger partial charge in [-0.1, -0.05) is 0 Å². The molecule has 0 unspecified atom stereocenters. The number of hydrogen-bond donors (Lipinski definition) is 0. The first-order valence-corrected chi connectivity index (χ1v) is 11.3. The average molecular weight is 420 g/mol. The van der Waals surface area contributed by atoms with Crippen LogP contribution in [0.15, 0.2) is 0 Å². The predicted molar refractivity (Wildman–Crippen MR) is 120 cm³/mol. The summed E-state index contributed by atoms with van der Waals surface area (Å²) < 4.78 is 30.1. The van der Waals surface area contributed by atoms with E-state index in [0.29, 0.717) is 33.0 Å². The zero-order valence-corrected chi connectivity index (χ0v) is 20.8. The number of rotatable bonds is 18. The van der Waals surface area contributed by atoms with Gasteiger partial charge in [-0.3, -0.25) is 4.90 Å². The Kier molecular flexibility index (Phi) is 15.4. The van der Waals surface area contributed by atoms with Crippen LogP contribution in [0.3, 0.4) is 0 Å². The minimum absolute atomic E-state index is 0.133. The van der Waals surface area contributed by atoms with Crippen LogP contribution in [0.25, 0.3) is 0 Å². The first kappa shape index (κ1) is 28.8. The lowest BCUT2D eigenvalue weighted by atomic mass is 9.99. The zero-order chi connectivity index (χ0) is 22.4. The minimum Gasteiger partial charge on any atom is -0.377 e. The van der Waals surface area contributed by atoms with Crippen molar-refractivity contribution in [2.75, 3.05) is 46.1 Å². The van der Waals surface area contributed by atoms with Crippen molar-refractivity contribution < 1.29 is 23.7 Å². The third-order valence-electron chi connectivity index (χ3n) is 4.35. The van der Waals surface area contributed by atoms with Gasteiger partial charge in [0.25, 0.3) is 0 Å². The smallest absolute Gasteiger partial charge is 0.0916 e. The first-order valence-electron chi connectivity index (χ1n) is 11.3. The summed E-state index contributed by atoms with van der Waals surface area (Å²) >= 11 is 0. The maximum atomic E-state index is 6.12. The molecule has 0 radical (unpaired) electrons. The summed E-state index contributed by atoms with van der Waals surface area (Å²) in [6.07, 6.45) is 0.794. The van der Waals surface area contributed by atoms with Crippen molar-refractivity contribution >= 4 is 0 Å². The molecule has 0 heterocycles. The standard InChI is InChI=1S/C23H49NO5/c1-18(2)25-13-11-24(12-14-26-19(3)4)23(15-27-20(5)6,16-28-21(7)8)17-29-22(9)10/h18-22H,11-17H2,1-10H3. The molecule has 0 aromatic carbocycles. The SMILES string of the molecule is CC(C)OCCN(CCOC(C)C)C(COC(C)C)(COC(C)C)COC(C)C. The van der Waals surface area contributed by atoms with E-state index in [1.807, 2.05) is 0 Å². The first-order chi connectivity index (χ1) is 13.5. The summed E-state index contributed by atoms with van der Waals surface area (Å²) in [5, 5.41) is 0. The van der Waals surface area contributed by atoms with Crippen LogP contribution in [0, 0.1) is 0 Å². The molecule has 0 aliphatic carbocycles. The van der Waals surface area contributed by atoms with Gasteiger partial charge in [0.2, 0.25) is 0 Å². The predicted octanol–water partition coefficient (Wildman–Crippen LogP) is 4.15. The van der Waals surface area contributed by atoms with Crippen molar-refractivity contribution in [3.63, 3.8) is 0 Å². The second-order valence-corrected chi connectivity index (χ2v) is 9.13. The van der Waals surface area contributed by atoms with Crippen molar-refractivity contribution in [3.05, 3.63) is 0 Å². The Hall–Kier alpha value is -0.240. The van der Waals surface area contributed by atoms with Gasteiger partial charge in [0, 0.05) is 13.1 Å². The van der Waals surface area contributed by atoms with Crippen molar-refractivity contribution in [2.24, 2.45) is 0 Å². The molecule has 6 nitrogen and oxygen atoms in total. The molecule has 6 heteroatoms. The Morgan fingerprint density at radius 2 is 0.759 bits per heavy atom.